The summed E-state index contributed by atoms with van der Waals surface area (Å²) in [5.41, 5.74) is 6.16. The number of nitrogens with zero attached hydrogens (tertiary/aromatic N) is 1. The summed E-state index contributed by atoms with van der Waals surface area (Å²) >= 11 is 0. The summed E-state index contributed by atoms with van der Waals surface area (Å²) in [6, 6.07) is 48.7. The van der Waals surface area contributed by atoms with Crippen molar-refractivity contribution in [3.8, 4) is 22.6 Å². The van der Waals surface area contributed by atoms with E-state index < -0.39 is 14.8 Å². The molecule has 1 N–H and O–H groups in total. The van der Waals surface area contributed by atoms with Gasteiger partial charge in [0.25, 0.3) is 9.04 Å². The lowest BCUT2D eigenvalue weighted by Crippen LogP contribution is -2.56. The maximum Gasteiger partial charge on any atom is 0.285 e. The van der Waals surface area contributed by atoms with Crippen molar-refractivity contribution in [1.29, 1.82) is 0 Å². The van der Waals surface area contributed by atoms with Crippen LogP contribution >= 0.6 is 0 Å². The van der Waals surface area contributed by atoms with E-state index in [0.29, 0.717) is 12.4 Å². The molecule has 5 heteroatoms. The van der Waals surface area contributed by atoms with Crippen molar-refractivity contribution >= 4 is 19.4 Å². The zero-order valence-electron chi connectivity index (χ0n) is 27.4. The smallest absolute Gasteiger partial charge is 0.285 e. The molecule has 0 fully saturated rings. The van der Waals surface area contributed by atoms with Crippen molar-refractivity contribution < 1.29 is 8.84 Å². The highest BCUT2D eigenvalue weighted by molar-refractivity contribution is 6.80. The fourth-order valence-electron chi connectivity index (χ4n) is 6.78. The zero-order valence-corrected chi connectivity index (χ0v) is 28.4. The highest BCUT2D eigenvalue weighted by Gasteiger charge is 2.42. The predicted molar refractivity (Wildman–Crippen MR) is 193 cm³/mol. The molecule has 1 atom stereocenters. The summed E-state index contributed by atoms with van der Waals surface area (Å²) < 4.78 is 14.2. The molecule has 0 aliphatic heterocycles. The van der Waals surface area contributed by atoms with E-state index in [0.717, 1.165) is 41.8 Å². The minimum absolute atomic E-state index is 0.0127. The van der Waals surface area contributed by atoms with Gasteiger partial charge in [-0.05, 0) is 46.2 Å². The highest BCUT2D eigenvalue weighted by atomic mass is 28.3. The van der Waals surface area contributed by atoms with Crippen LogP contribution in [0.3, 0.4) is 0 Å². The second kappa shape index (κ2) is 13.3. The molecule has 0 saturated carbocycles. The largest absolute Gasteiger partial charge is 0.439 e. The first kappa shape index (κ1) is 31.1. The first-order valence-corrected chi connectivity index (χ1v) is 18.0. The first-order chi connectivity index (χ1) is 22.9. The van der Waals surface area contributed by atoms with Gasteiger partial charge in [-0.3, -0.25) is 5.32 Å². The molecule has 6 aromatic rings. The zero-order chi connectivity index (χ0) is 32.3. The van der Waals surface area contributed by atoms with E-state index in [1.807, 2.05) is 36.4 Å². The molecule has 0 unspecified atom stereocenters. The van der Waals surface area contributed by atoms with Gasteiger partial charge in [-0.15, -0.1) is 0 Å². The Morgan fingerprint density at radius 1 is 0.723 bits per heavy atom. The minimum Gasteiger partial charge on any atom is -0.439 e. The lowest BCUT2D eigenvalue weighted by molar-refractivity contribution is 0.00797. The van der Waals surface area contributed by atoms with Gasteiger partial charge in [0.05, 0.1) is 6.54 Å². The van der Waals surface area contributed by atoms with Crippen LogP contribution in [-0.4, -0.2) is 14.0 Å². The quantitative estimate of drug-likeness (QED) is 0.128. The molecule has 1 aromatic heterocycles. The number of hydrogen-bond acceptors (Lipinski definition) is 4. The summed E-state index contributed by atoms with van der Waals surface area (Å²) in [4.78, 5) is 5.10. The molecule has 0 spiro atoms. The van der Waals surface area contributed by atoms with Gasteiger partial charge in [-0.1, -0.05) is 160 Å². The summed E-state index contributed by atoms with van der Waals surface area (Å²) in [5.74, 6) is 1.42. The van der Waals surface area contributed by atoms with Crippen molar-refractivity contribution in [1.82, 2.24) is 10.3 Å². The van der Waals surface area contributed by atoms with Crippen LogP contribution in [0.1, 0.15) is 56.2 Å². The van der Waals surface area contributed by atoms with Crippen LogP contribution in [0, 0.1) is 0 Å². The standard InChI is InChI=1S/C42H41N2O2Si/c1-41(2,3)36-27-16-28-37-35(36)26-17-29-42(37,46-47(33-22-12-6-13-23-33)34-24-14-7-15-25-34)43-30-38-44-39(31-18-8-4-9-19-31)40(45-38)32-20-10-5-11-21-32/h4-16,18-25,27-28,43H,17,26,29-30H2,1-3H3/t42-/m0/s1. The molecule has 7 rings (SSSR count). The number of nitrogens with one attached hydrogen (secondary N) is 1. The lowest BCUT2D eigenvalue weighted by Gasteiger charge is -2.43. The monoisotopic (exact) mass is 633 g/mol. The van der Waals surface area contributed by atoms with Crippen LogP contribution in [0.15, 0.2) is 144 Å². The van der Waals surface area contributed by atoms with Gasteiger partial charge in [-0.2, -0.15) is 0 Å². The summed E-state index contributed by atoms with van der Waals surface area (Å²) in [7, 11) is -1.65. The van der Waals surface area contributed by atoms with Crippen LogP contribution in [0.4, 0.5) is 0 Å². The van der Waals surface area contributed by atoms with Crippen LogP contribution in [0.2, 0.25) is 0 Å². The maximum atomic E-state index is 7.59. The van der Waals surface area contributed by atoms with Gasteiger partial charge in [-0.25, -0.2) is 4.98 Å². The van der Waals surface area contributed by atoms with E-state index in [9.17, 15) is 0 Å². The van der Waals surface area contributed by atoms with Crippen LogP contribution in [0.5, 0.6) is 0 Å². The van der Waals surface area contributed by atoms with Crippen molar-refractivity contribution in [3.05, 3.63) is 162 Å². The molecule has 1 aliphatic rings. The fraction of sp³-hybridized carbons (Fsp3) is 0.214. The Bertz CT molecular complexity index is 1820. The Balaban J connectivity index is 1.33. The first-order valence-electron chi connectivity index (χ1n) is 16.6. The van der Waals surface area contributed by atoms with E-state index in [4.69, 9.17) is 13.8 Å². The Kier molecular flexibility index (Phi) is 8.78. The van der Waals surface area contributed by atoms with E-state index >= 15 is 0 Å². The lowest BCUT2D eigenvalue weighted by atomic mass is 9.75. The molecule has 0 bridgehead atoms. The molecule has 0 amide bonds. The molecular formula is C42H41N2O2Si. The Hall–Kier alpha value is -4.55. The number of benzene rings is 5. The maximum absolute atomic E-state index is 7.59. The van der Waals surface area contributed by atoms with Gasteiger partial charge < -0.3 is 8.84 Å². The van der Waals surface area contributed by atoms with Gasteiger partial charge in [0.1, 0.15) is 11.4 Å². The molecule has 1 aliphatic carbocycles. The van der Waals surface area contributed by atoms with Crippen LogP contribution < -0.4 is 15.7 Å². The molecule has 1 heterocycles. The normalized spacial score (nSPS) is 16.3. The second-order valence-corrected chi connectivity index (χ2v) is 15.3. The van der Waals surface area contributed by atoms with E-state index in [1.54, 1.807) is 0 Å². The summed E-state index contributed by atoms with van der Waals surface area (Å²) in [6.07, 6.45) is 2.89. The second-order valence-electron chi connectivity index (χ2n) is 13.3. The van der Waals surface area contributed by atoms with Crippen molar-refractivity contribution in [2.45, 2.75) is 57.7 Å². The van der Waals surface area contributed by atoms with Crippen molar-refractivity contribution in [2.75, 3.05) is 0 Å². The van der Waals surface area contributed by atoms with Crippen molar-refractivity contribution in [3.63, 3.8) is 0 Å². The van der Waals surface area contributed by atoms with Gasteiger partial charge in [0, 0.05) is 16.7 Å². The number of rotatable bonds is 9. The third kappa shape index (κ3) is 6.52. The molecule has 1 radical (unpaired) electrons. The Morgan fingerprint density at radius 2 is 1.30 bits per heavy atom. The molecule has 5 aromatic carbocycles. The molecule has 0 saturated heterocycles. The van der Waals surface area contributed by atoms with Gasteiger partial charge in [0.15, 0.2) is 5.76 Å². The van der Waals surface area contributed by atoms with E-state index in [1.165, 1.54) is 27.1 Å². The average molecular weight is 634 g/mol. The third-order valence-corrected chi connectivity index (χ3v) is 11.3. The number of aromatic nitrogens is 1. The predicted octanol–water partition coefficient (Wildman–Crippen LogP) is 8.41. The van der Waals surface area contributed by atoms with Crippen LogP contribution in [0.25, 0.3) is 22.6 Å². The molecule has 4 nitrogen and oxygen atoms in total. The average Bonchev–Trinajstić information content (AvgIpc) is 3.55. The minimum atomic E-state index is -1.65. The number of hydrogen-bond donors (Lipinski definition) is 1. The molecular weight excluding hydrogens is 593 g/mol. The SMILES string of the molecule is CC(C)(C)c1cccc2c1CCC[C@]2(NCc1nc(-c2ccccc2)c(-c2ccccc2)o1)O[Si](c1ccccc1)c1ccccc1. The Morgan fingerprint density at radius 3 is 1.89 bits per heavy atom. The summed E-state index contributed by atoms with van der Waals surface area (Å²) in [6.45, 7) is 7.34. The molecule has 235 valence electrons. The van der Waals surface area contributed by atoms with Crippen molar-refractivity contribution in [2.24, 2.45) is 0 Å². The van der Waals surface area contributed by atoms with Gasteiger partial charge in [0.2, 0.25) is 5.89 Å². The molecule has 47 heavy (non-hydrogen) atoms. The summed E-state index contributed by atoms with van der Waals surface area (Å²) in [5, 5.41) is 6.39. The number of oxazole rings is 1. The van der Waals surface area contributed by atoms with E-state index in [-0.39, 0.29) is 5.41 Å². The fourth-order valence-corrected chi connectivity index (χ4v) is 8.98. The number of fused-ring (bicyclic) bond motifs is 1. The van der Waals surface area contributed by atoms with Gasteiger partial charge >= 0.3 is 0 Å². The highest BCUT2D eigenvalue weighted by Crippen LogP contribution is 2.42. The topological polar surface area (TPSA) is 47.3 Å². The third-order valence-electron chi connectivity index (χ3n) is 9.00. The Labute approximate surface area is 280 Å². The van der Waals surface area contributed by atoms with E-state index in [2.05, 4.69) is 129 Å². The van der Waals surface area contributed by atoms with Crippen LogP contribution in [-0.2, 0) is 28.5 Å².